The predicted molar refractivity (Wildman–Crippen MR) is 105 cm³/mol. The summed E-state index contributed by atoms with van der Waals surface area (Å²) in [5.41, 5.74) is 4.33. The number of nitrogens with one attached hydrogen (secondary N) is 2. The van der Waals surface area contributed by atoms with Gasteiger partial charge in [-0.15, -0.1) is 0 Å². The summed E-state index contributed by atoms with van der Waals surface area (Å²) in [6.07, 6.45) is 0. The van der Waals surface area contributed by atoms with E-state index in [4.69, 9.17) is 0 Å². The minimum absolute atomic E-state index is 0.338. The van der Waals surface area contributed by atoms with Gasteiger partial charge in [-0.2, -0.15) is 5.10 Å². The van der Waals surface area contributed by atoms with Crippen LogP contribution < -0.4 is 11.0 Å². The van der Waals surface area contributed by atoms with E-state index in [-0.39, 0.29) is 11.4 Å². The van der Waals surface area contributed by atoms with Crippen LogP contribution in [0.3, 0.4) is 0 Å². The SMILES string of the molecule is C/C(=N\NC(=O)c1ccccc1Br)c1c(C)[nH]n(-c2ccc(F)cc2)c1=O. The van der Waals surface area contributed by atoms with Gasteiger partial charge in [0, 0.05) is 10.2 Å². The molecule has 1 amide bonds. The van der Waals surface area contributed by atoms with Gasteiger partial charge in [0.1, 0.15) is 5.82 Å². The third-order valence-electron chi connectivity index (χ3n) is 3.96. The summed E-state index contributed by atoms with van der Waals surface area (Å²) in [6.45, 7) is 3.36. The number of halogens is 2. The molecule has 1 heterocycles. The third-order valence-corrected chi connectivity index (χ3v) is 4.65. The molecule has 0 bridgehead atoms. The smallest absolute Gasteiger partial charge is 0.280 e. The molecule has 2 aromatic carbocycles. The van der Waals surface area contributed by atoms with Crippen molar-refractivity contribution >= 4 is 27.5 Å². The lowest BCUT2D eigenvalue weighted by atomic mass is 10.2. The Kier molecular flexibility index (Phi) is 5.36. The lowest BCUT2D eigenvalue weighted by Crippen LogP contribution is -2.23. The Hall–Kier alpha value is -3.00. The molecule has 0 atom stereocenters. The molecule has 0 radical (unpaired) electrons. The van der Waals surface area contributed by atoms with Gasteiger partial charge in [0.2, 0.25) is 0 Å². The zero-order valence-corrected chi connectivity index (χ0v) is 16.2. The average Bonchev–Trinajstić information content (AvgIpc) is 2.95. The number of aromatic amines is 1. The number of hydrogen-bond donors (Lipinski definition) is 2. The summed E-state index contributed by atoms with van der Waals surface area (Å²) in [7, 11) is 0. The highest BCUT2D eigenvalue weighted by molar-refractivity contribution is 9.10. The van der Waals surface area contributed by atoms with Gasteiger partial charge in [-0.3, -0.25) is 14.7 Å². The average molecular weight is 431 g/mol. The topological polar surface area (TPSA) is 79.2 Å². The van der Waals surface area contributed by atoms with Crippen molar-refractivity contribution in [2.24, 2.45) is 5.10 Å². The number of carbonyl (C=O) groups is 1. The summed E-state index contributed by atoms with van der Waals surface area (Å²) in [4.78, 5) is 25.0. The molecule has 0 aliphatic carbocycles. The first-order chi connectivity index (χ1) is 12.9. The van der Waals surface area contributed by atoms with E-state index in [9.17, 15) is 14.0 Å². The lowest BCUT2D eigenvalue weighted by Gasteiger charge is -2.03. The van der Waals surface area contributed by atoms with Crippen LogP contribution in [0.25, 0.3) is 5.69 Å². The van der Waals surface area contributed by atoms with Crippen LogP contribution in [0.4, 0.5) is 4.39 Å². The largest absolute Gasteiger partial charge is 0.295 e. The molecule has 138 valence electrons. The zero-order chi connectivity index (χ0) is 19.6. The van der Waals surface area contributed by atoms with Gasteiger partial charge in [-0.05, 0) is 66.2 Å². The van der Waals surface area contributed by atoms with Crippen molar-refractivity contribution in [3.8, 4) is 5.69 Å². The lowest BCUT2D eigenvalue weighted by molar-refractivity contribution is 0.0954. The summed E-state index contributed by atoms with van der Waals surface area (Å²) in [5, 5.41) is 7.00. The molecule has 2 N–H and O–H groups in total. The van der Waals surface area contributed by atoms with Gasteiger partial charge < -0.3 is 0 Å². The molecule has 0 saturated heterocycles. The molecule has 0 unspecified atom stereocenters. The van der Waals surface area contributed by atoms with E-state index in [0.717, 1.165) is 0 Å². The molecule has 8 heteroatoms. The van der Waals surface area contributed by atoms with E-state index in [1.807, 2.05) is 0 Å². The molecule has 1 aromatic heterocycles. The molecule has 3 rings (SSSR count). The molecule has 0 aliphatic rings. The van der Waals surface area contributed by atoms with Crippen LogP contribution in [0, 0.1) is 12.7 Å². The number of hydrogen-bond acceptors (Lipinski definition) is 3. The Balaban J connectivity index is 1.89. The van der Waals surface area contributed by atoms with Gasteiger partial charge in [0.05, 0.1) is 22.5 Å². The van der Waals surface area contributed by atoms with E-state index in [1.165, 1.54) is 28.9 Å². The second kappa shape index (κ2) is 7.71. The summed E-state index contributed by atoms with van der Waals surface area (Å²) in [6, 6.07) is 12.5. The summed E-state index contributed by atoms with van der Waals surface area (Å²) < 4.78 is 15.0. The van der Waals surface area contributed by atoms with Crippen molar-refractivity contribution in [2.45, 2.75) is 13.8 Å². The third kappa shape index (κ3) is 3.90. The first-order valence-corrected chi connectivity index (χ1v) is 8.85. The maximum atomic E-state index is 13.1. The molecule has 0 saturated carbocycles. The van der Waals surface area contributed by atoms with E-state index >= 15 is 0 Å². The van der Waals surface area contributed by atoms with Crippen LogP contribution in [0.1, 0.15) is 28.5 Å². The van der Waals surface area contributed by atoms with Crippen molar-refractivity contribution in [3.05, 3.63) is 86.0 Å². The Morgan fingerprint density at radius 3 is 2.52 bits per heavy atom. The van der Waals surface area contributed by atoms with Crippen LogP contribution >= 0.6 is 15.9 Å². The van der Waals surface area contributed by atoms with Crippen LogP contribution in [-0.2, 0) is 0 Å². The van der Waals surface area contributed by atoms with Crippen LogP contribution in [0.5, 0.6) is 0 Å². The zero-order valence-electron chi connectivity index (χ0n) is 14.6. The molecular formula is C19H16BrFN4O2. The normalized spacial score (nSPS) is 11.5. The highest BCUT2D eigenvalue weighted by atomic mass is 79.9. The quantitative estimate of drug-likeness (QED) is 0.490. The Labute approximate surface area is 162 Å². The molecular weight excluding hydrogens is 415 g/mol. The van der Waals surface area contributed by atoms with Crippen molar-refractivity contribution in [1.82, 2.24) is 15.2 Å². The molecule has 0 aliphatic heterocycles. The molecule has 6 nitrogen and oxygen atoms in total. The number of hydrazone groups is 1. The molecule has 3 aromatic rings. The number of nitrogens with zero attached hydrogens (tertiary/aromatic N) is 2. The fourth-order valence-corrected chi connectivity index (χ4v) is 3.11. The Morgan fingerprint density at radius 1 is 1.19 bits per heavy atom. The van der Waals surface area contributed by atoms with Crippen LogP contribution in [0.15, 0.2) is 62.9 Å². The van der Waals surface area contributed by atoms with E-state index in [0.29, 0.717) is 32.7 Å². The second-order valence-corrected chi connectivity index (χ2v) is 6.70. The van der Waals surface area contributed by atoms with Crippen molar-refractivity contribution in [2.75, 3.05) is 0 Å². The summed E-state index contributed by atoms with van der Waals surface area (Å²) >= 11 is 3.31. The number of rotatable bonds is 4. The van der Waals surface area contributed by atoms with Gasteiger partial charge in [-0.25, -0.2) is 14.5 Å². The fourth-order valence-electron chi connectivity index (χ4n) is 2.64. The fraction of sp³-hybridized carbons (Fsp3) is 0.105. The van der Waals surface area contributed by atoms with Crippen molar-refractivity contribution in [1.29, 1.82) is 0 Å². The monoisotopic (exact) mass is 430 g/mol. The van der Waals surface area contributed by atoms with Gasteiger partial charge >= 0.3 is 0 Å². The first-order valence-electron chi connectivity index (χ1n) is 8.05. The summed E-state index contributed by atoms with van der Waals surface area (Å²) in [5.74, 6) is -0.781. The number of benzene rings is 2. The number of aryl methyl sites for hydroxylation is 1. The van der Waals surface area contributed by atoms with Gasteiger partial charge in [0.15, 0.2) is 0 Å². The minimum atomic E-state index is -0.395. The van der Waals surface area contributed by atoms with Crippen LogP contribution in [-0.4, -0.2) is 21.4 Å². The highest BCUT2D eigenvalue weighted by Gasteiger charge is 2.16. The van der Waals surface area contributed by atoms with Gasteiger partial charge in [-0.1, -0.05) is 12.1 Å². The number of carbonyl (C=O) groups excluding carboxylic acids is 1. The maximum absolute atomic E-state index is 13.1. The van der Waals surface area contributed by atoms with Crippen molar-refractivity contribution < 1.29 is 9.18 Å². The minimum Gasteiger partial charge on any atom is -0.295 e. The Morgan fingerprint density at radius 2 is 1.85 bits per heavy atom. The number of aromatic nitrogens is 2. The van der Waals surface area contributed by atoms with Crippen LogP contribution in [0.2, 0.25) is 0 Å². The molecule has 0 spiro atoms. The second-order valence-electron chi connectivity index (χ2n) is 5.85. The Bertz CT molecular complexity index is 1080. The predicted octanol–water partition coefficient (Wildman–Crippen LogP) is 3.53. The standard InChI is InChI=1S/C19H16BrFN4O2/c1-11(22-23-18(26)15-5-3-4-6-16(15)20)17-12(2)24-25(19(17)27)14-9-7-13(21)8-10-14/h3-10,24H,1-2H3,(H,23,26)/b22-11+. The number of H-pyrrole nitrogens is 1. The number of amides is 1. The molecule has 0 fully saturated rings. The molecule has 27 heavy (non-hydrogen) atoms. The van der Waals surface area contributed by atoms with Gasteiger partial charge in [0.25, 0.3) is 11.5 Å². The van der Waals surface area contributed by atoms with E-state index in [2.05, 4.69) is 31.6 Å². The maximum Gasteiger partial charge on any atom is 0.280 e. The highest BCUT2D eigenvalue weighted by Crippen LogP contribution is 2.15. The van der Waals surface area contributed by atoms with E-state index in [1.54, 1.807) is 38.1 Å². The first kappa shape index (κ1) is 18.8. The van der Waals surface area contributed by atoms with E-state index < -0.39 is 5.91 Å². The van der Waals surface area contributed by atoms with Crippen molar-refractivity contribution in [3.63, 3.8) is 0 Å².